The number of anilines is 1. The summed E-state index contributed by atoms with van der Waals surface area (Å²) in [6, 6.07) is 17.4. The molecule has 4 rings (SSSR count). The molecule has 3 aromatic rings. The molecule has 0 radical (unpaired) electrons. The van der Waals surface area contributed by atoms with Gasteiger partial charge in [0.25, 0.3) is 5.91 Å². The number of alkyl halides is 3. The predicted molar refractivity (Wildman–Crippen MR) is 130 cm³/mol. The Labute approximate surface area is 206 Å². The van der Waals surface area contributed by atoms with Crippen LogP contribution in [0.4, 0.5) is 18.9 Å². The van der Waals surface area contributed by atoms with E-state index in [2.05, 4.69) is 0 Å². The van der Waals surface area contributed by atoms with Crippen molar-refractivity contribution in [1.29, 1.82) is 0 Å². The highest BCUT2D eigenvalue weighted by Crippen LogP contribution is 2.36. The molecule has 0 N–H and O–H groups in total. The van der Waals surface area contributed by atoms with E-state index >= 15 is 0 Å². The molecule has 0 fully saturated rings. The first-order valence-electron chi connectivity index (χ1n) is 11.4. The number of amides is 1. The van der Waals surface area contributed by atoms with Crippen LogP contribution in [0.5, 0.6) is 5.75 Å². The van der Waals surface area contributed by atoms with Crippen molar-refractivity contribution in [2.24, 2.45) is 0 Å². The summed E-state index contributed by atoms with van der Waals surface area (Å²) in [6.07, 6.45) is -0.769. The van der Waals surface area contributed by atoms with Gasteiger partial charge in [0, 0.05) is 29.3 Å². The number of rotatable bonds is 8. The maximum atomic E-state index is 12.9. The molecule has 0 spiro atoms. The van der Waals surface area contributed by atoms with Gasteiger partial charge < -0.3 is 14.4 Å². The summed E-state index contributed by atoms with van der Waals surface area (Å²) in [4.78, 5) is 25.9. The van der Waals surface area contributed by atoms with Crippen LogP contribution in [-0.2, 0) is 28.7 Å². The van der Waals surface area contributed by atoms with E-state index in [-0.39, 0.29) is 12.5 Å². The lowest BCUT2D eigenvalue weighted by Crippen LogP contribution is -2.23. The molecular formula is C28H24F3NO4. The lowest BCUT2D eigenvalue weighted by molar-refractivity contribution is -0.138. The number of nitrogens with zero attached hydrogens (tertiary/aromatic N) is 1. The van der Waals surface area contributed by atoms with Crippen molar-refractivity contribution < 1.29 is 32.2 Å². The van der Waals surface area contributed by atoms with E-state index in [9.17, 15) is 22.8 Å². The van der Waals surface area contributed by atoms with Gasteiger partial charge in [-0.1, -0.05) is 30.3 Å². The third-order valence-corrected chi connectivity index (χ3v) is 5.73. The highest BCUT2D eigenvalue weighted by Gasteiger charge is 2.33. The van der Waals surface area contributed by atoms with Gasteiger partial charge in [-0.05, 0) is 60.5 Å². The number of carbonyl (C=O) groups is 2. The highest BCUT2D eigenvalue weighted by molar-refractivity contribution is 6.10. The minimum absolute atomic E-state index is 0.212. The number of fused-ring (bicyclic) bond motifs is 1. The Morgan fingerprint density at radius 2 is 1.81 bits per heavy atom. The van der Waals surface area contributed by atoms with Crippen LogP contribution in [0.1, 0.15) is 39.5 Å². The first kappa shape index (κ1) is 25.0. The zero-order chi connectivity index (χ0) is 25.7. The van der Waals surface area contributed by atoms with Crippen LogP contribution in [0, 0.1) is 0 Å². The molecule has 36 heavy (non-hydrogen) atoms. The number of halogens is 3. The van der Waals surface area contributed by atoms with E-state index in [0.717, 1.165) is 23.3 Å². The van der Waals surface area contributed by atoms with Crippen LogP contribution < -0.4 is 9.64 Å². The number of ether oxygens (including phenoxy) is 2. The van der Waals surface area contributed by atoms with Crippen LogP contribution in [0.25, 0.3) is 6.08 Å². The fraction of sp³-hybridized carbons (Fsp3) is 0.214. The van der Waals surface area contributed by atoms with Crippen LogP contribution in [-0.4, -0.2) is 25.1 Å². The summed E-state index contributed by atoms with van der Waals surface area (Å²) in [5, 5.41) is 0. The van der Waals surface area contributed by atoms with Gasteiger partial charge in [-0.3, -0.25) is 4.79 Å². The van der Waals surface area contributed by atoms with E-state index in [1.165, 1.54) is 23.1 Å². The van der Waals surface area contributed by atoms with Gasteiger partial charge in [-0.25, -0.2) is 4.79 Å². The largest absolute Gasteiger partial charge is 0.493 e. The van der Waals surface area contributed by atoms with Crippen molar-refractivity contribution in [3.05, 3.63) is 101 Å². The predicted octanol–water partition coefficient (Wildman–Crippen LogP) is 6.06. The molecule has 0 aliphatic carbocycles. The van der Waals surface area contributed by atoms with Gasteiger partial charge in [0.2, 0.25) is 0 Å². The van der Waals surface area contributed by atoms with Crippen molar-refractivity contribution in [2.75, 3.05) is 18.1 Å². The van der Waals surface area contributed by atoms with Crippen molar-refractivity contribution in [2.45, 2.75) is 26.1 Å². The quantitative estimate of drug-likeness (QED) is 0.282. The fourth-order valence-corrected chi connectivity index (χ4v) is 3.96. The summed E-state index contributed by atoms with van der Waals surface area (Å²) < 4.78 is 49.5. The minimum Gasteiger partial charge on any atom is -0.493 e. The molecule has 186 valence electrons. The highest BCUT2D eigenvalue weighted by atomic mass is 19.4. The van der Waals surface area contributed by atoms with Crippen molar-refractivity contribution in [3.63, 3.8) is 0 Å². The molecule has 8 heteroatoms. The normalized spacial score (nSPS) is 13.2. The molecule has 5 nitrogen and oxygen atoms in total. The van der Waals surface area contributed by atoms with Gasteiger partial charge >= 0.3 is 12.1 Å². The molecule has 0 unspecified atom stereocenters. The van der Waals surface area contributed by atoms with Gasteiger partial charge in [0.05, 0.1) is 25.3 Å². The minimum atomic E-state index is -4.44. The third-order valence-electron chi connectivity index (χ3n) is 5.73. The summed E-state index contributed by atoms with van der Waals surface area (Å²) in [5.41, 5.74) is 2.67. The van der Waals surface area contributed by atoms with Crippen LogP contribution in [0.2, 0.25) is 0 Å². The van der Waals surface area contributed by atoms with Gasteiger partial charge in [0.1, 0.15) is 5.75 Å². The summed E-state index contributed by atoms with van der Waals surface area (Å²) >= 11 is 0. The Kier molecular flexibility index (Phi) is 7.43. The SMILES string of the molecule is CCOC(=O)/C=C/c1cccc(CCOc2cccc3c2CN(c2ccc(C(F)(F)F)cc2)C3=O)c1. The first-order valence-corrected chi connectivity index (χ1v) is 11.4. The fourth-order valence-electron chi connectivity index (χ4n) is 3.96. The molecule has 1 aliphatic heterocycles. The van der Waals surface area contributed by atoms with E-state index in [0.29, 0.717) is 42.2 Å². The Morgan fingerprint density at radius 3 is 2.53 bits per heavy atom. The number of hydrogen-bond donors (Lipinski definition) is 0. The second kappa shape index (κ2) is 10.7. The monoisotopic (exact) mass is 495 g/mol. The number of esters is 1. The zero-order valence-corrected chi connectivity index (χ0v) is 19.5. The average Bonchev–Trinajstić information content (AvgIpc) is 3.20. The molecule has 0 bridgehead atoms. The lowest BCUT2D eigenvalue weighted by Gasteiger charge is -2.17. The Bertz CT molecular complexity index is 1280. The molecule has 1 aliphatic rings. The number of benzene rings is 3. The molecular weight excluding hydrogens is 471 g/mol. The molecule has 0 saturated heterocycles. The molecule has 1 amide bonds. The molecule has 0 aromatic heterocycles. The molecule has 0 saturated carbocycles. The van der Waals surface area contributed by atoms with Crippen molar-refractivity contribution in [3.8, 4) is 5.75 Å². The van der Waals surface area contributed by atoms with Crippen LogP contribution in [0.3, 0.4) is 0 Å². The topological polar surface area (TPSA) is 55.8 Å². The van der Waals surface area contributed by atoms with Crippen LogP contribution >= 0.6 is 0 Å². The third kappa shape index (κ3) is 5.76. The van der Waals surface area contributed by atoms with Crippen LogP contribution in [0.15, 0.2) is 72.8 Å². The second-order valence-corrected chi connectivity index (χ2v) is 8.15. The number of carbonyl (C=O) groups excluding carboxylic acids is 2. The standard InChI is InChI=1S/C28H24F3NO4/c1-2-35-26(33)14-9-19-5-3-6-20(17-19)15-16-36-25-8-4-7-23-24(25)18-32(27(23)34)22-12-10-21(11-13-22)28(29,30)31/h3-14,17H,2,15-16,18H2,1H3/b14-9+. The summed E-state index contributed by atoms with van der Waals surface area (Å²) in [5.74, 6) is -0.117. The summed E-state index contributed by atoms with van der Waals surface area (Å²) in [7, 11) is 0. The van der Waals surface area contributed by atoms with E-state index < -0.39 is 17.7 Å². The lowest BCUT2D eigenvalue weighted by atomic mass is 10.1. The Morgan fingerprint density at radius 1 is 1.06 bits per heavy atom. The molecule has 0 atom stereocenters. The first-order chi connectivity index (χ1) is 17.3. The molecule has 1 heterocycles. The maximum Gasteiger partial charge on any atom is 0.416 e. The van der Waals surface area contributed by atoms with Gasteiger partial charge in [-0.15, -0.1) is 0 Å². The van der Waals surface area contributed by atoms with Crippen molar-refractivity contribution >= 4 is 23.6 Å². The summed E-state index contributed by atoms with van der Waals surface area (Å²) in [6.45, 7) is 2.63. The second-order valence-electron chi connectivity index (χ2n) is 8.15. The molecule has 3 aromatic carbocycles. The van der Waals surface area contributed by atoms with E-state index in [1.54, 1.807) is 31.2 Å². The van der Waals surface area contributed by atoms with E-state index in [1.807, 2.05) is 24.3 Å². The van der Waals surface area contributed by atoms with E-state index in [4.69, 9.17) is 9.47 Å². The Hall–Kier alpha value is -4.07. The van der Waals surface area contributed by atoms with Crippen molar-refractivity contribution in [1.82, 2.24) is 0 Å². The maximum absolute atomic E-state index is 12.9. The van der Waals surface area contributed by atoms with Gasteiger partial charge in [-0.2, -0.15) is 13.2 Å². The Balaban J connectivity index is 1.41. The zero-order valence-electron chi connectivity index (χ0n) is 19.5. The smallest absolute Gasteiger partial charge is 0.416 e. The van der Waals surface area contributed by atoms with Gasteiger partial charge in [0.15, 0.2) is 0 Å². The average molecular weight is 495 g/mol. The number of hydrogen-bond acceptors (Lipinski definition) is 4.